The molecule has 0 radical (unpaired) electrons. The first-order valence-electron chi connectivity index (χ1n) is 4.74. The second kappa shape index (κ2) is 4.35. The molecule has 0 amide bonds. The molecule has 0 spiro atoms. The van der Waals surface area contributed by atoms with Gasteiger partial charge in [-0.3, -0.25) is 0 Å². The number of pyridine rings is 1. The highest BCUT2D eigenvalue weighted by Crippen LogP contribution is 2.24. The average Bonchev–Trinajstić information content (AvgIpc) is 2.61. The fourth-order valence-electron chi connectivity index (χ4n) is 1.47. The van der Waals surface area contributed by atoms with Crippen molar-refractivity contribution in [1.82, 2.24) is 4.98 Å². The van der Waals surface area contributed by atoms with Crippen LogP contribution in [-0.4, -0.2) is 25.2 Å². The van der Waals surface area contributed by atoms with Crippen molar-refractivity contribution in [3.8, 4) is 6.07 Å². The second-order valence-electron chi connectivity index (χ2n) is 3.54. The van der Waals surface area contributed by atoms with E-state index in [9.17, 15) is 8.42 Å². The molecule has 1 N–H and O–H groups in total. The summed E-state index contributed by atoms with van der Waals surface area (Å²) in [6.45, 7) is 0. The third kappa shape index (κ3) is 2.57. The Morgan fingerprint density at radius 1 is 1.59 bits per heavy atom. The molecule has 1 aliphatic heterocycles. The Labute approximate surface area is 104 Å². The number of nitrogens with zero attached hydrogens (tertiary/aromatic N) is 2. The van der Waals surface area contributed by atoms with Gasteiger partial charge in [-0.2, -0.15) is 5.26 Å². The summed E-state index contributed by atoms with van der Waals surface area (Å²) in [5.41, 5.74) is 0.300. The Balaban J connectivity index is 2.22. The zero-order valence-electron chi connectivity index (χ0n) is 8.59. The van der Waals surface area contributed by atoms with Gasteiger partial charge in [-0.15, -0.1) is 0 Å². The van der Waals surface area contributed by atoms with Crippen molar-refractivity contribution in [3.05, 3.63) is 34.3 Å². The van der Waals surface area contributed by atoms with Gasteiger partial charge in [-0.05, 0) is 12.1 Å². The molecule has 5 nitrogen and oxygen atoms in total. The average molecular weight is 270 g/mol. The molecular weight excluding hydrogens is 262 g/mol. The van der Waals surface area contributed by atoms with Gasteiger partial charge in [0.05, 0.1) is 17.4 Å². The van der Waals surface area contributed by atoms with E-state index in [4.69, 9.17) is 16.9 Å². The highest BCUT2D eigenvalue weighted by molar-refractivity contribution is 7.94. The van der Waals surface area contributed by atoms with Crippen LogP contribution in [0.15, 0.2) is 23.7 Å². The molecule has 0 saturated heterocycles. The Kier molecular flexibility index (Phi) is 3.05. The van der Waals surface area contributed by atoms with Crippen LogP contribution in [0.4, 0.5) is 5.82 Å². The maximum Gasteiger partial charge on any atom is 0.173 e. The van der Waals surface area contributed by atoms with Gasteiger partial charge in [0, 0.05) is 11.6 Å². The van der Waals surface area contributed by atoms with Crippen LogP contribution in [0.25, 0.3) is 0 Å². The van der Waals surface area contributed by atoms with Gasteiger partial charge < -0.3 is 5.32 Å². The molecule has 1 unspecified atom stereocenters. The van der Waals surface area contributed by atoms with Gasteiger partial charge in [0.1, 0.15) is 16.9 Å². The van der Waals surface area contributed by atoms with E-state index in [1.54, 1.807) is 0 Å². The van der Waals surface area contributed by atoms with Gasteiger partial charge in [-0.25, -0.2) is 13.4 Å². The third-order valence-corrected chi connectivity index (χ3v) is 4.04. The molecule has 2 rings (SSSR count). The first-order chi connectivity index (χ1) is 8.02. The van der Waals surface area contributed by atoms with E-state index in [0.717, 1.165) is 5.41 Å². The molecule has 1 aromatic rings. The minimum absolute atomic E-state index is 0.0260. The van der Waals surface area contributed by atoms with Crippen molar-refractivity contribution in [2.75, 3.05) is 11.1 Å². The third-order valence-electron chi connectivity index (χ3n) is 2.26. The SMILES string of the molecule is N#Cc1ccnc(NC2C=CS(=O)(=O)C2)c1Cl. The van der Waals surface area contributed by atoms with Crippen LogP contribution in [0.5, 0.6) is 0 Å². The summed E-state index contributed by atoms with van der Waals surface area (Å²) in [7, 11) is -3.12. The summed E-state index contributed by atoms with van der Waals surface area (Å²) in [5, 5.41) is 13.0. The molecule has 0 saturated carbocycles. The van der Waals surface area contributed by atoms with Crippen LogP contribution in [0.2, 0.25) is 5.02 Å². The normalized spacial score (nSPS) is 21.1. The van der Waals surface area contributed by atoms with Gasteiger partial charge in [-0.1, -0.05) is 11.6 Å². The second-order valence-corrected chi connectivity index (χ2v) is 5.85. The van der Waals surface area contributed by atoms with Gasteiger partial charge in [0.15, 0.2) is 9.84 Å². The summed E-state index contributed by atoms with van der Waals surface area (Å²) in [6, 6.07) is 3.06. The van der Waals surface area contributed by atoms with Crippen LogP contribution in [0, 0.1) is 11.3 Å². The van der Waals surface area contributed by atoms with Gasteiger partial charge >= 0.3 is 0 Å². The van der Waals surface area contributed by atoms with Crippen molar-refractivity contribution < 1.29 is 8.42 Å². The maximum absolute atomic E-state index is 11.2. The number of nitriles is 1. The molecule has 1 aliphatic rings. The van der Waals surface area contributed by atoms with E-state index in [2.05, 4.69) is 10.3 Å². The summed E-state index contributed by atoms with van der Waals surface area (Å²) < 4.78 is 22.4. The predicted molar refractivity (Wildman–Crippen MR) is 64.3 cm³/mol. The minimum atomic E-state index is -3.12. The summed E-state index contributed by atoms with van der Waals surface area (Å²) in [5.74, 6) is 0.291. The fraction of sp³-hybridized carbons (Fsp3) is 0.200. The highest BCUT2D eigenvalue weighted by atomic mass is 35.5. The molecule has 1 atom stereocenters. The number of anilines is 1. The van der Waals surface area contributed by atoms with Crippen LogP contribution in [0.1, 0.15) is 5.56 Å². The number of halogens is 1. The van der Waals surface area contributed by atoms with Crippen molar-refractivity contribution in [2.24, 2.45) is 0 Å². The number of hydrogen-bond donors (Lipinski definition) is 1. The first-order valence-corrected chi connectivity index (χ1v) is 6.83. The number of nitrogens with one attached hydrogen (secondary N) is 1. The molecule has 0 fully saturated rings. The summed E-state index contributed by atoms with van der Waals surface area (Å²) >= 11 is 5.94. The van der Waals surface area contributed by atoms with E-state index < -0.39 is 9.84 Å². The number of hydrogen-bond acceptors (Lipinski definition) is 5. The molecule has 1 aromatic heterocycles. The Hall–Kier alpha value is -1.58. The van der Waals surface area contributed by atoms with E-state index in [0.29, 0.717) is 11.4 Å². The Bertz CT molecular complexity index is 619. The lowest BCUT2D eigenvalue weighted by Crippen LogP contribution is -2.21. The van der Waals surface area contributed by atoms with E-state index in [-0.39, 0.29) is 16.8 Å². The van der Waals surface area contributed by atoms with Crippen LogP contribution in [-0.2, 0) is 9.84 Å². The lowest BCUT2D eigenvalue weighted by atomic mass is 10.2. The Morgan fingerprint density at radius 3 is 2.94 bits per heavy atom. The van der Waals surface area contributed by atoms with Crippen LogP contribution in [0.3, 0.4) is 0 Å². The number of rotatable bonds is 2. The fourth-order valence-corrected chi connectivity index (χ4v) is 2.92. The zero-order chi connectivity index (χ0) is 12.5. The standard InChI is InChI=1S/C10H8ClN3O2S/c11-9-7(5-12)1-3-13-10(9)14-8-2-4-17(15,16)6-8/h1-4,8H,6H2,(H,13,14). The van der Waals surface area contributed by atoms with Crippen molar-refractivity contribution >= 4 is 27.3 Å². The lowest BCUT2D eigenvalue weighted by Gasteiger charge is -2.12. The van der Waals surface area contributed by atoms with E-state index >= 15 is 0 Å². The quantitative estimate of drug-likeness (QED) is 0.876. The molecule has 88 valence electrons. The van der Waals surface area contributed by atoms with E-state index in [1.807, 2.05) is 6.07 Å². The monoisotopic (exact) mass is 269 g/mol. The molecule has 0 bridgehead atoms. The summed E-state index contributed by atoms with van der Waals surface area (Å²) in [6.07, 6.45) is 2.98. The van der Waals surface area contributed by atoms with E-state index in [1.165, 1.54) is 18.3 Å². The van der Waals surface area contributed by atoms with Crippen LogP contribution >= 0.6 is 11.6 Å². The topological polar surface area (TPSA) is 82.8 Å². The van der Waals surface area contributed by atoms with Crippen molar-refractivity contribution in [1.29, 1.82) is 5.26 Å². The maximum atomic E-state index is 11.2. The minimum Gasteiger partial charge on any atom is -0.362 e. The van der Waals surface area contributed by atoms with Crippen molar-refractivity contribution in [2.45, 2.75) is 6.04 Å². The zero-order valence-corrected chi connectivity index (χ0v) is 10.2. The first kappa shape index (κ1) is 11.9. The van der Waals surface area contributed by atoms with Gasteiger partial charge in [0.2, 0.25) is 0 Å². The largest absolute Gasteiger partial charge is 0.362 e. The summed E-state index contributed by atoms with van der Waals surface area (Å²) in [4.78, 5) is 3.98. The molecule has 17 heavy (non-hydrogen) atoms. The van der Waals surface area contributed by atoms with Crippen molar-refractivity contribution in [3.63, 3.8) is 0 Å². The molecule has 0 aromatic carbocycles. The predicted octanol–water partition coefficient (Wildman–Crippen LogP) is 1.33. The molecule has 0 aliphatic carbocycles. The Morgan fingerprint density at radius 2 is 2.35 bits per heavy atom. The lowest BCUT2D eigenvalue weighted by molar-refractivity contribution is 0.605. The smallest absolute Gasteiger partial charge is 0.173 e. The molecular formula is C10H8ClN3O2S. The molecule has 2 heterocycles. The number of sulfone groups is 1. The van der Waals surface area contributed by atoms with Crippen LogP contribution < -0.4 is 5.32 Å². The van der Waals surface area contributed by atoms with Gasteiger partial charge in [0.25, 0.3) is 0 Å². The highest BCUT2D eigenvalue weighted by Gasteiger charge is 2.22. The number of aromatic nitrogens is 1. The molecule has 7 heteroatoms.